The van der Waals surface area contributed by atoms with Crippen LogP contribution in [-0.2, 0) is 4.79 Å². The van der Waals surface area contributed by atoms with Crippen molar-refractivity contribution in [2.24, 2.45) is 11.7 Å². The van der Waals surface area contributed by atoms with Crippen molar-refractivity contribution in [1.29, 1.82) is 0 Å². The maximum Gasteiger partial charge on any atom is 0.326 e. The van der Waals surface area contributed by atoms with Gasteiger partial charge in [0.15, 0.2) is 0 Å². The number of piperidine rings is 1. The lowest BCUT2D eigenvalue weighted by Gasteiger charge is -2.37. The van der Waals surface area contributed by atoms with Gasteiger partial charge in [0.2, 0.25) is 0 Å². The molecule has 1 saturated heterocycles. The van der Waals surface area contributed by atoms with Crippen LogP contribution in [0.25, 0.3) is 0 Å². The summed E-state index contributed by atoms with van der Waals surface area (Å²) in [6.07, 6.45) is 2.96. The quantitative estimate of drug-likeness (QED) is 0.843. The summed E-state index contributed by atoms with van der Waals surface area (Å²) in [6.45, 7) is 2.59. The third-order valence-corrected chi connectivity index (χ3v) is 3.47. The van der Waals surface area contributed by atoms with Crippen molar-refractivity contribution in [1.82, 2.24) is 4.98 Å². The molecule has 19 heavy (non-hydrogen) atoms. The Hall–Kier alpha value is -2.11. The number of amides is 1. The number of carboxylic acids is 1. The molecule has 0 radical (unpaired) electrons. The fourth-order valence-electron chi connectivity index (χ4n) is 2.45. The van der Waals surface area contributed by atoms with Gasteiger partial charge in [0, 0.05) is 12.7 Å². The average Bonchev–Trinajstić information content (AvgIpc) is 2.38. The number of carboxylic acid groups (broad SMARTS) is 1. The molecule has 6 nitrogen and oxygen atoms in total. The largest absolute Gasteiger partial charge is 0.480 e. The molecule has 1 aromatic rings. The second kappa shape index (κ2) is 5.26. The zero-order valence-corrected chi connectivity index (χ0v) is 10.7. The molecule has 0 aliphatic carbocycles. The molecule has 1 amide bonds. The Morgan fingerprint density at radius 2 is 2.26 bits per heavy atom. The minimum atomic E-state index is -0.896. The van der Waals surface area contributed by atoms with Crippen molar-refractivity contribution in [3.05, 3.63) is 23.9 Å². The van der Waals surface area contributed by atoms with Crippen LogP contribution in [0.3, 0.4) is 0 Å². The lowest BCUT2D eigenvalue weighted by Crippen LogP contribution is -2.48. The van der Waals surface area contributed by atoms with Gasteiger partial charge in [-0.15, -0.1) is 0 Å². The summed E-state index contributed by atoms with van der Waals surface area (Å²) in [6, 6.07) is 2.53. The van der Waals surface area contributed by atoms with Crippen LogP contribution >= 0.6 is 0 Å². The standard InChI is InChI=1S/C13H17N3O3/c1-8-4-6-16(10(7-8)13(18)19)12-9(11(14)17)3-2-5-15-12/h2-3,5,8,10H,4,6-7H2,1H3,(H2,14,17)(H,18,19). The smallest absolute Gasteiger partial charge is 0.326 e. The van der Waals surface area contributed by atoms with Crippen LogP contribution in [0.4, 0.5) is 5.82 Å². The van der Waals surface area contributed by atoms with Crippen molar-refractivity contribution in [3.8, 4) is 0 Å². The third kappa shape index (κ3) is 2.67. The number of nitrogens with zero attached hydrogens (tertiary/aromatic N) is 2. The molecule has 2 atom stereocenters. The highest BCUT2D eigenvalue weighted by molar-refractivity contribution is 5.98. The lowest BCUT2D eigenvalue weighted by molar-refractivity contribution is -0.139. The maximum absolute atomic E-state index is 11.4. The Kier molecular flexibility index (Phi) is 3.69. The Morgan fingerprint density at radius 1 is 1.53 bits per heavy atom. The van der Waals surface area contributed by atoms with E-state index < -0.39 is 17.9 Å². The average molecular weight is 263 g/mol. The van der Waals surface area contributed by atoms with Gasteiger partial charge in [-0.25, -0.2) is 9.78 Å². The first-order chi connectivity index (χ1) is 9.00. The molecule has 3 N–H and O–H groups in total. The number of primary amides is 1. The number of pyridine rings is 1. The van der Waals surface area contributed by atoms with Gasteiger partial charge >= 0.3 is 5.97 Å². The van der Waals surface area contributed by atoms with E-state index in [9.17, 15) is 14.7 Å². The summed E-state index contributed by atoms with van der Waals surface area (Å²) < 4.78 is 0. The van der Waals surface area contributed by atoms with Crippen molar-refractivity contribution < 1.29 is 14.7 Å². The molecule has 2 heterocycles. The zero-order valence-electron chi connectivity index (χ0n) is 10.7. The van der Waals surface area contributed by atoms with Crippen molar-refractivity contribution >= 4 is 17.7 Å². The third-order valence-electron chi connectivity index (χ3n) is 3.47. The second-order valence-electron chi connectivity index (χ2n) is 4.92. The van der Waals surface area contributed by atoms with Crippen molar-refractivity contribution in [3.63, 3.8) is 0 Å². The molecule has 1 fully saturated rings. The maximum atomic E-state index is 11.4. The summed E-state index contributed by atoms with van der Waals surface area (Å²) in [5, 5.41) is 9.33. The number of carbonyl (C=O) groups is 2. The molecule has 0 aromatic carbocycles. The molecule has 0 saturated carbocycles. The van der Waals surface area contributed by atoms with Crippen LogP contribution in [-0.4, -0.2) is 34.6 Å². The van der Waals surface area contributed by atoms with E-state index in [4.69, 9.17) is 5.73 Å². The first kappa shape index (κ1) is 13.3. The highest BCUT2D eigenvalue weighted by Gasteiger charge is 2.34. The predicted octanol–water partition coefficient (Wildman–Crippen LogP) is 0.870. The van der Waals surface area contributed by atoms with Crippen LogP contribution in [0.2, 0.25) is 0 Å². The van der Waals surface area contributed by atoms with Crippen molar-refractivity contribution in [2.75, 3.05) is 11.4 Å². The van der Waals surface area contributed by atoms with Gasteiger partial charge in [0.25, 0.3) is 5.91 Å². The zero-order chi connectivity index (χ0) is 14.0. The fourth-order valence-corrected chi connectivity index (χ4v) is 2.45. The summed E-state index contributed by atoms with van der Waals surface area (Å²) in [4.78, 5) is 28.6. The molecular weight excluding hydrogens is 246 g/mol. The van der Waals surface area contributed by atoms with Crippen LogP contribution in [0, 0.1) is 5.92 Å². The number of carbonyl (C=O) groups excluding carboxylic acids is 1. The SMILES string of the molecule is CC1CCN(c2ncccc2C(N)=O)C(C(=O)O)C1. The van der Waals surface area contributed by atoms with Gasteiger partial charge in [-0.1, -0.05) is 6.92 Å². The van der Waals surface area contributed by atoms with Crippen molar-refractivity contribution in [2.45, 2.75) is 25.8 Å². The summed E-state index contributed by atoms with van der Waals surface area (Å²) >= 11 is 0. The fraction of sp³-hybridized carbons (Fsp3) is 0.462. The van der Waals surface area contributed by atoms with Gasteiger partial charge in [-0.05, 0) is 30.9 Å². The highest BCUT2D eigenvalue weighted by atomic mass is 16.4. The lowest BCUT2D eigenvalue weighted by atomic mass is 9.92. The number of aromatic nitrogens is 1. The van der Waals surface area contributed by atoms with E-state index in [-0.39, 0.29) is 5.56 Å². The molecule has 2 unspecified atom stereocenters. The van der Waals surface area contributed by atoms with Gasteiger partial charge in [-0.2, -0.15) is 0 Å². The number of hydrogen-bond donors (Lipinski definition) is 2. The van der Waals surface area contributed by atoms with E-state index in [1.54, 1.807) is 23.2 Å². The van der Waals surface area contributed by atoms with Crippen LogP contribution in [0.1, 0.15) is 30.1 Å². The monoisotopic (exact) mass is 263 g/mol. The highest BCUT2D eigenvalue weighted by Crippen LogP contribution is 2.28. The minimum absolute atomic E-state index is 0.267. The molecule has 0 spiro atoms. The minimum Gasteiger partial charge on any atom is -0.480 e. The summed E-state index contributed by atoms with van der Waals surface area (Å²) in [5.74, 6) is -0.772. The molecule has 2 rings (SSSR count). The van der Waals surface area contributed by atoms with E-state index in [0.29, 0.717) is 24.7 Å². The van der Waals surface area contributed by atoms with Gasteiger partial charge < -0.3 is 15.7 Å². The van der Waals surface area contributed by atoms with E-state index in [1.165, 1.54) is 0 Å². The van der Waals surface area contributed by atoms with Crippen LogP contribution in [0.5, 0.6) is 0 Å². The molecule has 1 aromatic heterocycles. The van der Waals surface area contributed by atoms with Gasteiger partial charge in [0.05, 0.1) is 5.56 Å². The molecular formula is C13H17N3O3. The number of hydrogen-bond acceptors (Lipinski definition) is 4. The molecule has 1 aliphatic heterocycles. The topological polar surface area (TPSA) is 96.5 Å². The van der Waals surface area contributed by atoms with Gasteiger partial charge in [0.1, 0.15) is 11.9 Å². The Labute approximate surface area is 111 Å². The number of aliphatic carboxylic acids is 1. The Bertz CT molecular complexity index is 504. The predicted molar refractivity (Wildman–Crippen MR) is 69.9 cm³/mol. The first-order valence-electron chi connectivity index (χ1n) is 6.25. The molecule has 1 aliphatic rings. The van der Waals surface area contributed by atoms with E-state index in [1.807, 2.05) is 6.92 Å². The van der Waals surface area contributed by atoms with Crippen LogP contribution < -0.4 is 10.6 Å². The molecule has 102 valence electrons. The second-order valence-corrected chi connectivity index (χ2v) is 4.92. The van der Waals surface area contributed by atoms with E-state index >= 15 is 0 Å². The van der Waals surface area contributed by atoms with Crippen LogP contribution in [0.15, 0.2) is 18.3 Å². The molecule has 0 bridgehead atoms. The first-order valence-corrected chi connectivity index (χ1v) is 6.25. The Morgan fingerprint density at radius 3 is 2.89 bits per heavy atom. The normalized spacial score (nSPS) is 23.1. The van der Waals surface area contributed by atoms with Gasteiger partial charge in [-0.3, -0.25) is 4.79 Å². The molecule has 6 heteroatoms. The Balaban J connectivity index is 2.39. The number of anilines is 1. The summed E-state index contributed by atoms with van der Waals surface area (Å²) in [5.41, 5.74) is 5.58. The number of rotatable bonds is 3. The van der Waals surface area contributed by atoms with E-state index in [0.717, 1.165) is 6.42 Å². The number of nitrogens with two attached hydrogens (primary N) is 1. The summed E-state index contributed by atoms with van der Waals surface area (Å²) in [7, 11) is 0. The van der Waals surface area contributed by atoms with E-state index in [2.05, 4.69) is 4.98 Å².